The Morgan fingerprint density at radius 1 is 1.80 bits per heavy atom. The number of rotatable bonds is 3. The van der Waals surface area contributed by atoms with Crippen molar-refractivity contribution in [2.75, 3.05) is 6.61 Å². The highest BCUT2D eigenvalue weighted by atomic mass is 16.6. The van der Waals surface area contributed by atoms with E-state index >= 15 is 0 Å². The van der Waals surface area contributed by atoms with Crippen molar-refractivity contribution in [3.8, 4) is 0 Å². The van der Waals surface area contributed by atoms with Gasteiger partial charge in [-0.25, -0.2) is 4.98 Å². The Bertz CT molecular complexity index is 337. The monoisotopic (exact) mass is 212 g/mol. The molecular formula is C10H16N2O3. The van der Waals surface area contributed by atoms with Gasteiger partial charge in [0.15, 0.2) is 5.82 Å². The van der Waals surface area contributed by atoms with Crippen molar-refractivity contribution < 1.29 is 14.6 Å². The normalized spacial score (nSPS) is 22.5. The number of hydrogen-bond donors (Lipinski definition) is 1. The number of ether oxygens (including phenoxy) is 2. The third kappa shape index (κ3) is 2.04. The lowest BCUT2D eigenvalue weighted by Crippen LogP contribution is -2.26. The maximum absolute atomic E-state index is 9.71. The lowest BCUT2D eigenvalue weighted by Gasteiger charge is -2.24. The molecular weight excluding hydrogens is 196 g/mol. The van der Waals surface area contributed by atoms with Gasteiger partial charge in [-0.15, -0.1) is 0 Å². The molecule has 0 saturated heterocycles. The van der Waals surface area contributed by atoms with Gasteiger partial charge < -0.3 is 19.1 Å². The number of nitrogens with zero attached hydrogens (tertiary/aromatic N) is 2. The summed E-state index contributed by atoms with van der Waals surface area (Å²) in [7, 11) is 0. The fourth-order valence-electron chi connectivity index (χ4n) is 1.72. The van der Waals surface area contributed by atoms with Crippen LogP contribution < -0.4 is 0 Å². The summed E-state index contributed by atoms with van der Waals surface area (Å²) in [6, 6.07) is 0. The van der Waals surface area contributed by atoms with E-state index in [4.69, 9.17) is 9.47 Å². The molecule has 2 heterocycles. The Morgan fingerprint density at radius 3 is 3.33 bits per heavy atom. The molecule has 84 valence electrons. The molecule has 0 aromatic carbocycles. The molecule has 15 heavy (non-hydrogen) atoms. The highest BCUT2D eigenvalue weighted by Crippen LogP contribution is 2.20. The molecule has 0 radical (unpaired) electrons. The summed E-state index contributed by atoms with van der Waals surface area (Å²) in [5.41, 5.74) is 0.988. The van der Waals surface area contributed by atoms with Gasteiger partial charge in [0.05, 0.1) is 31.1 Å². The van der Waals surface area contributed by atoms with Crippen molar-refractivity contribution in [1.82, 2.24) is 9.55 Å². The predicted octanol–water partition coefficient (Wildman–Crippen LogP) is 0.829. The van der Waals surface area contributed by atoms with Crippen molar-refractivity contribution in [3.63, 3.8) is 0 Å². The first-order valence-corrected chi connectivity index (χ1v) is 5.18. The van der Waals surface area contributed by atoms with Crippen molar-refractivity contribution in [2.24, 2.45) is 0 Å². The Kier molecular flexibility index (Phi) is 3.04. The van der Waals surface area contributed by atoms with Crippen LogP contribution in [0.4, 0.5) is 0 Å². The average Bonchev–Trinajstić information content (AvgIpc) is 2.60. The zero-order valence-electron chi connectivity index (χ0n) is 9.01. The summed E-state index contributed by atoms with van der Waals surface area (Å²) in [5, 5.41) is 9.71. The molecule has 5 nitrogen and oxygen atoms in total. The molecule has 0 aliphatic carbocycles. The van der Waals surface area contributed by atoms with Gasteiger partial charge in [0.25, 0.3) is 0 Å². The van der Waals surface area contributed by atoms with Crippen LogP contribution in [0, 0.1) is 0 Å². The minimum absolute atomic E-state index is 0.152. The first kappa shape index (κ1) is 10.6. The van der Waals surface area contributed by atoms with Crippen LogP contribution >= 0.6 is 0 Å². The van der Waals surface area contributed by atoms with Gasteiger partial charge in [-0.2, -0.15) is 0 Å². The van der Waals surface area contributed by atoms with Crippen LogP contribution in [0.15, 0.2) is 6.20 Å². The van der Waals surface area contributed by atoms with Crippen LogP contribution in [0.3, 0.4) is 0 Å². The topological polar surface area (TPSA) is 56.5 Å². The molecule has 1 N–H and O–H groups in total. The van der Waals surface area contributed by atoms with E-state index in [9.17, 15) is 5.11 Å². The summed E-state index contributed by atoms with van der Waals surface area (Å²) in [4.78, 5) is 4.16. The summed E-state index contributed by atoms with van der Waals surface area (Å²) < 4.78 is 12.6. The molecule has 1 aromatic rings. The summed E-state index contributed by atoms with van der Waals surface area (Å²) in [6.07, 6.45) is 0.942. The highest BCUT2D eigenvalue weighted by Gasteiger charge is 2.22. The molecule has 1 aromatic heterocycles. The minimum atomic E-state index is -0.936. The largest absolute Gasteiger partial charge is 0.370 e. The van der Waals surface area contributed by atoms with Crippen LogP contribution in [0.1, 0.15) is 31.7 Å². The SMILES string of the molecule is CCOC(O)c1ncc2n1CC(C)OC2. The molecule has 0 bridgehead atoms. The second kappa shape index (κ2) is 4.30. The van der Waals surface area contributed by atoms with Crippen LogP contribution in [0.25, 0.3) is 0 Å². The van der Waals surface area contributed by atoms with Crippen molar-refractivity contribution in [1.29, 1.82) is 0 Å². The Labute approximate surface area is 88.6 Å². The second-order valence-electron chi connectivity index (χ2n) is 3.65. The molecule has 0 amide bonds. The first-order valence-electron chi connectivity index (χ1n) is 5.18. The average molecular weight is 212 g/mol. The van der Waals surface area contributed by atoms with Gasteiger partial charge >= 0.3 is 0 Å². The van der Waals surface area contributed by atoms with Crippen molar-refractivity contribution >= 4 is 0 Å². The maximum Gasteiger partial charge on any atom is 0.214 e. The van der Waals surface area contributed by atoms with Gasteiger partial charge in [0.1, 0.15) is 0 Å². The fraction of sp³-hybridized carbons (Fsp3) is 0.700. The molecule has 5 heteroatoms. The van der Waals surface area contributed by atoms with E-state index < -0.39 is 6.29 Å². The van der Waals surface area contributed by atoms with E-state index in [2.05, 4.69) is 4.98 Å². The van der Waals surface area contributed by atoms with Crippen LogP contribution in [0.2, 0.25) is 0 Å². The molecule has 1 aliphatic rings. The number of aliphatic hydroxyl groups excluding tert-OH is 1. The first-order chi connectivity index (χ1) is 7.22. The van der Waals surface area contributed by atoms with Crippen LogP contribution in [-0.2, 0) is 22.6 Å². The predicted molar refractivity (Wildman–Crippen MR) is 53.1 cm³/mol. The van der Waals surface area contributed by atoms with Gasteiger partial charge in [0.2, 0.25) is 6.29 Å². The number of fused-ring (bicyclic) bond motifs is 1. The van der Waals surface area contributed by atoms with E-state index in [0.29, 0.717) is 19.0 Å². The van der Waals surface area contributed by atoms with E-state index in [1.54, 1.807) is 6.20 Å². The number of hydrogen-bond acceptors (Lipinski definition) is 4. The molecule has 0 spiro atoms. The maximum atomic E-state index is 9.71. The molecule has 0 saturated carbocycles. The Morgan fingerprint density at radius 2 is 2.60 bits per heavy atom. The zero-order chi connectivity index (χ0) is 10.8. The standard InChI is InChI=1S/C10H16N2O3/c1-3-14-10(13)9-11-4-8-6-15-7(2)5-12(8)9/h4,7,10,13H,3,5-6H2,1-2H3. The quantitative estimate of drug-likeness (QED) is 0.754. The number of aliphatic hydroxyl groups is 1. The third-order valence-corrected chi connectivity index (χ3v) is 2.47. The van der Waals surface area contributed by atoms with Crippen LogP contribution in [-0.4, -0.2) is 27.4 Å². The Balaban J connectivity index is 2.22. The van der Waals surface area contributed by atoms with E-state index in [-0.39, 0.29) is 6.10 Å². The molecule has 0 fully saturated rings. The van der Waals surface area contributed by atoms with Gasteiger partial charge in [-0.3, -0.25) is 0 Å². The van der Waals surface area contributed by atoms with Gasteiger partial charge in [-0.1, -0.05) is 0 Å². The number of imidazole rings is 1. The minimum Gasteiger partial charge on any atom is -0.370 e. The van der Waals surface area contributed by atoms with Gasteiger partial charge in [-0.05, 0) is 13.8 Å². The fourth-order valence-corrected chi connectivity index (χ4v) is 1.72. The lowest BCUT2D eigenvalue weighted by atomic mass is 10.3. The number of aromatic nitrogens is 2. The summed E-state index contributed by atoms with van der Waals surface area (Å²) >= 11 is 0. The van der Waals surface area contributed by atoms with E-state index in [1.165, 1.54) is 0 Å². The smallest absolute Gasteiger partial charge is 0.214 e. The summed E-state index contributed by atoms with van der Waals surface area (Å²) in [6.45, 7) is 5.58. The van der Waals surface area contributed by atoms with Crippen LogP contribution in [0.5, 0.6) is 0 Å². The third-order valence-electron chi connectivity index (χ3n) is 2.47. The molecule has 1 aliphatic heterocycles. The van der Waals surface area contributed by atoms with E-state index in [0.717, 1.165) is 12.2 Å². The Hall–Kier alpha value is -0.910. The lowest BCUT2D eigenvalue weighted by molar-refractivity contribution is -0.108. The molecule has 2 rings (SSSR count). The highest BCUT2D eigenvalue weighted by molar-refractivity contribution is 5.07. The van der Waals surface area contributed by atoms with Gasteiger partial charge in [0, 0.05) is 6.61 Å². The van der Waals surface area contributed by atoms with Crippen molar-refractivity contribution in [3.05, 3.63) is 17.7 Å². The summed E-state index contributed by atoms with van der Waals surface area (Å²) in [5.74, 6) is 0.571. The zero-order valence-corrected chi connectivity index (χ0v) is 9.01. The molecule has 2 atom stereocenters. The second-order valence-corrected chi connectivity index (χ2v) is 3.65. The molecule has 2 unspecified atom stereocenters. The van der Waals surface area contributed by atoms with Crippen molar-refractivity contribution in [2.45, 2.75) is 39.4 Å². The van der Waals surface area contributed by atoms with E-state index in [1.807, 2.05) is 18.4 Å².